The van der Waals surface area contributed by atoms with Gasteiger partial charge in [-0.1, -0.05) is 6.07 Å². The molecule has 0 radical (unpaired) electrons. The van der Waals surface area contributed by atoms with Crippen molar-refractivity contribution >= 4 is 31.8 Å². The lowest BCUT2D eigenvalue weighted by Gasteiger charge is -2.31. The summed E-state index contributed by atoms with van der Waals surface area (Å²) in [7, 11) is -7.20. The molecule has 1 amide bonds. The Morgan fingerprint density at radius 1 is 1.35 bits per heavy atom. The van der Waals surface area contributed by atoms with Crippen LogP contribution >= 0.6 is 0 Å². The molecule has 1 aromatic rings. The second-order valence-corrected chi connectivity index (χ2v) is 10.3. The summed E-state index contributed by atoms with van der Waals surface area (Å²) in [5.74, 6) is -0.766. The van der Waals surface area contributed by atoms with Crippen LogP contribution < -0.4 is 9.03 Å². The van der Waals surface area contributed by atoms with E-state index in [1.807, 2.05) is 4.72 Å². The van der Waals surface area contributed by atoms with E-state index in [4.69, 9.17) is 0 Å². The number of carbonyl (C=O) groups is 1. The van der Waals surface area contributed by atoms with Gasteiger partial charge in [-0.05, 0) is 42.9 Å². The maximum Gasteiger partial charge on any atom is 0.326 e. The summed E-state index contributed by atoms with van der Waals surface area (Å²) in [6, 6.07) is 4.61. The number of rotatable bonds is 4. The van der Waals surface area contributed by atoms with Crippen LogP contribution in [0.25, 0.3) is 0 Å². The Morgan fingerprint density at radius 3 is 2.65 bits per heavy atom. The molecule has 2 fully saturated rings. The van der Waals surface area contributed by atoms with Gasteiger partial charge in [0.15, 0.2) is 0 Å². The van der Waals surface area contributed by atoms with Crippen molar-refractivity contribution in [2.75, 3.05) is 30.2 Å². The first-order valence-electron chi connectivity index (χ1n) is 8.16. The molecule has 0 saturated carbocycles. The molecule has 0 unspecified atom stereocenters. The van der Waals surface area contributed by atoms with E-state index in [2.05, 4.69) is 0 Å². The largest absolute Gasteiger partial charge is 0.506 e. The van der Waals surface area contributed by atoms with Crippen LogP contribution in [0.4, 0.5) is 5.69 Å². The number of aromatic hydroxyl groups is 1. The van der Waals surface area contributed by atoms with Crippen molar-refractivity contribution in [1.82, 2.24) is 9.03 Å². The van der Waals surface area contributed by atoms with Crippen LogP contribution in [-0.2, 0) is 31.4 Å². The number of nitrogens with one attached hydrogen (secondary N) is 1. The molecule has 2 aliphatic heterocycles. The van der Waals surface area contributed by atoms with Crippen molar-refractivity contribution < 1.29 is 26.7 Å². The van der Waals surface area contributed by atoms with Crippen LogP contribution in [0, 0.1) is 5.92 Å². The van der Waals surface area contributed by atoms with E-state index in [0.717, 1.165) is 22.7 Å². The number of phenolic OH excluding ortho intramolecular Hbond substituents is 1. The van der Waals surface area contributed by atoms with E-state index in [1.165, 1.54) is 22.7 Å². The van der Waals surface area contributed by atoms with Gasteiger partial charge < -0.3 is 5.11 Å². The topological polar surface area (TPSA) is 124 Å². The second-order valence-electron chi connectivity index (χ2n) is 6.69. The van der Waals surface area contributed by atoms with Crippen molar-refractivity contribution in [3.8, 4) is 5.75 Å². The Bertz CT molecular complexity index is 929. The van der Waals surface area contributed by atoms with Crippen molar-refractivity contribution in [3.05, 3.63) is 23.8 Å². The van der Waals surface area contributed by atoms with Crippen LogP contribution in [0.5, 0.6) is 5.75 Å². The monoisotopic (exact) mass is 403 g/mol. The van der Waals surface area contributed by atoms with Gasteiger partial charge >= 0.3 is 10.2 Å². The van der Waals surface area contributed by atoms with Crippen molar-refractivity contribution in [2.24, 2.45) is 5.92 Å². The molecular weight excluding hydrogens is 382 g/mol. The quantitative estimate of drug-likeness (QED) is 0.717. The van der Waals surface area contributed by atoms with Gasteiger partial charge in [-0.2, -0.15) is 8.42 Å². The Kier molecular flexibility index (Phi) is 4.88. The van der Waals surface area contributed by atoms with Crippen LogP contribution in [0.15, 0.2) is 18.2 Å². The van der Waals surface area contributed by atoms with Crippen molar-refractivity contribution in [3.63, 3.8) is 0 Å². The molecule has 2 aliphatic rings. The van der Waals surface area contributed by atoms with Gasteiger partial charge in [0.1, 0.15) is 12.3 Å². The first-order valence-corrected chi connectivity index (χ1v) is 11.5. The molecule has 11 heteroatoms. The van der Waals surface area contributed by atoms with Gasteiger partial charge in [-0.25, -0.2) is 21.8 Å². The number of piperidine rings is 1. The SMILES string of the molecule is CS(=O)(=O)N1CCC[C@H](Cc2ccc(N3CC(=O)NS3(=O)=O)c(O)c2)C1. The number of amides is 1. The standard InChI is InChI=1S/C15H21N3O6S2/c1-25(21,22)17-6-2-3-12(9-17)7-11-4-5-13(14(19)8-11)18-10-15(20)16-26(18,23)24/h4-5,8,12,19H,2-3,6-7,9-10H2,1H3,(H,16,20)/t12-/m1/s1. The molecule has 9 nitrogen and oxygen atoms in total. The highest BCUT2D eigenvalue weighted by Gasteiger charge is 2.35. The minimum absolute atomic E-state index is 0.0357. The highest BCUT2D eigenvalue weighted by Crippen LogP contribution is 2.32. The third-order valence-electron chi connectivity index (χ3n) is 4.60. The molecule has 3 rings (SSSR count). The molecule has 144 valence electrons. The fraction of sp³-hybridized carbons (Fsp3) is 0.533. The van der Waals surface area contributed by atoms with Crippen LogP contribution in [0.3, 0.4) is 0 Å². The average molecular weight is 403 g/mol. The van der Waals surface area contributed by atoms with Gasteiger partial charge in [0.2, 0.25) is 10.0 Å². The molecule has 0 bridgehead atoms. The minimum Gasteiger partial charge on any atom is -0.506 e. The highest BCUT2D eigenvalue weighted by molar-refractivity contribution is 7.92. The van der Waals surface area contributed by atoms with Crippen molar-refractivity contribution in [2.45, 2.75) is 19.3 Å². The lowest BCUT2D eigenvalue weighted by Crippen LogP contribution is -2.39. The first kappa shape index (κ1) is 18.9. The van der Waals surface area contributed by atoms with Gasteiger partial charge in [-0.3, -0.25) is 4.79 Å². The molecule has 1 aromatic carbocycles. The smallest absolute Gasteiger partial charge is 0.326 e. The zero-order valence-corrected chi connectivity index (χ0v) is 15.9. The summed E-state index contributed by atoms with van der Waals surface area (Å²) in [4.78, 5) is 11.3. The Morgan fingerprint density at radius 2 is 2.08 bits per heavy atom. The Labute approximate surface area is 152 Å². The molecule has 0 aromatic heterocycles. The zero-order chi connectivity index (χ0) is 19.1. The number of sulfonamides is 1. The van der Waals surface area contributed by atoms with E-state index < -0.39 is 26.1 Å². The summed E-state index contributed by atoms with van der Waals surface area (Å²) >= 11 is 0. The third kappa shape index (κ3) is 3.94. The van der Waals surface area contributed by atoms with Gasteiger partial charge in [-0.15, -0.1) is 0 Å². The molecule has 1 atom stereocenters. The summed E-state index contributed by atoms with van der Waals surface area (Å²) in [5.41, 5.74) is 0.816. The average Bonchev–Trinajstić information content (AvgIpc) is 2.79. The Balaban J connectivity index is 1.75. The minimum atomic E-state index is -3.98. The number of carbonyl (C=O) groups excluding carboxylic acids is 1. The summed E-state index contributed by atoms with van der Waals surface area (Å²) in [6.45, 7) is 0.578. The maximum atomic E-state index is 11.9. The van der Waals surface area contributed by atoms with Gasteiger partial charge in [0.05, 0.1) is 11.9 Å². The number of hydrogen-bond donors (Lipinski definition) is 2. The van der Waals surface area contributed by atoms with Crippen molar-refractivity contribution in [1.29, 1.82) is 0 Å². The van der Waals surface area contributed by atoms with E-state index in [9.17, 15) is 26.7 Å². The normalized spacial score (nSPS) is 23.8. The molecular formula is C15H21N3O6S2. The van der Waals surface area contributed by atoms with E-state index in [-0.39, 0.29) is 23.9 Å². The first-order chi connectivity index (χ1) is 12.1. The van der Waals surface area contributed by atoms with Crippen LogP contribution in [0.2, 0.25) is 0 Å². The maximum absolute atomic E-state index is 11.9. The third-order valence-corrected chi connectivity index (χ3v) is 7.27. The molecule has 0 aliphatic carbocycles. The lowest BCUT2D eigenvalue weighted by molar-refractivity contribution is -0.117. The number of benzene rings is 1. The predicted molar refractivity (Wildman–Crippen MR) is 95.4 cm³/mol. The second kappa shape index (κ2) is 6.71. The fourth-order valence-electron chi connectivity index (χ4n) is 3.40. The molecule has 2 saturated heterocycles. The summed E-state index contributed by atoms with van der Waals surface area (Å²) in [5, 5.41) is 10.2. The number of phenols is 1. The molecule has 0 spiro atoms. The zero-order valence-electron chi connectivity index (χ0n) is 14.3. The van der Waals surface area contributed by atoms with Gasteiger partial charge in [0, 0.05) is 13.1 Å². The summed E-state index contributed by atoms with van der Waals surface area (Å²) in [6.07, 6.45) is 3.43. The molecule has 2 N–H and O–H groups in total. The van der Waals surface area contributed by atoms with E-state index >= 15 is 0 Å². The van der Waals surface area contributed by atoms with E-state index in [0.29, 0.717) is 19.5 Å². The van der Waals surface area contributed by atoms with E-state index in [1.54, 1.807) is 6.07 Å². The molecule has 2 heterocycles. The predicted octanol–water partition coefficient (Wildman–Crippen LogP) is -0.213. The van der Waals surface area contributed by atoms with Crippen LogP contribution in [-0.4, -0.2) is 58.0 Å². The highest BCUT2D eigenvalue weighted by atomic mass is 32.2. The Hall–Kier alpha value is -1.85. The summed E-state index contributed by atoms with van der Waals surface area (Å²) < 4.78 is 51.3. The fourth-order valence-corrected chi connectivity index (χ4v) is 5.50. The van der Waals surface area contributed by atoms with Crippen LogP contribution in [0.1, 0.15) is 18.4 Å². The van der Waals surface area contributed by atoms with Gasteiger partial charge in [0.25, 0.3) is 5.91 Å². The lowest BCUT2D eigenvalue weighted by atomic mass is 9.92. The number of nitrogens with zero attached hydrogens (tertiary/aromatic N) is 2. The number of hydrogen-bond acceptors (Lipinski definition) is 6. The molecule has 26 heavy (non-hydrogen) atoms. The number of anilines is 1.